The highest BCUT2D eigenvalue weighted by Gasteiger charge is 2.22. The smallest absolute Gasteiger partial charge is 0.341 e. The van der Waals surface area contributed by atoms with Gasteiger partial charge in [0, 0.05) is 30.1 Å². The van der Waals surface area contributed by atoms with Crippen LogP contribution >= 0.6 is 0 Å². The molecule has 1 aliphatic rings. The van der Waals surface area contributed by atoms with E-state index in [-0.39, 0.29) is 16.9 Å². The van der Waals surface area contributed by atoms with Gasteiger partial charge in [-0.2, -0.15) is 0 Å². The third-order valence-electron chi connectivity index (χ3n) is 3.96. The molecule has 0 fully saturated rings. The Morgan fingerprint density at radius 3 is 2.74 bits per heavy atom. The van der Waals surface area contributed by atoms with Crippen LogP contribution in [-0.4, -0.2) is 38.3 Å². The van der Waals surface area contributed by atoms with Crippen LogP contribution in [-0.2, 0) is 22.8 Å². The summed E-state index contributed by atoms with van der Waals surface area (Å²) in [6, 6.07) is 3.19. The van der Waals surface area contributed by atoms with E-state index in [2.05, 4.69) is 0 Å². The molecule has 0 amide bonds. The first-order chi connectivity index (χ1) is 10.8. The van der Waals surface area contributed by atoms with Crippen LogP contribution < -0.4 is 5.63 Å². The summed E-state index contributed by atoms with van der Waals surface area (Å²) in [6.07, 6.45) is 3.02. The first-order valence-corrected chi connectivity index (χ1v) is 9.09. The molecule has 0 unspecified atom stereocenters. The Balaban J connectivity index is 2.31. The molecule has 0 spiro atoms. The highest BCUT2D eigenvalue weighted by molar-refractivity contribution is 7.93. The summed E-state index contributed by atoms with van der Waals surface area (Å²) in [4.78, 5) is 14.3. The van der Waals surface area contributed by atoms with Crippen molar-refractivity contribution in [2.75, 3.05) is 19.8 Å². The normalized spacial score (nSPS) is 16.1. The van der Waals surface area contributed by atoms with E-state index in [1.54, 1.807) is 6.07 Å². The van der Waals surface area contributed by atoms with Gasteiger partial charge in [0.1, 0.15) is 11.3 Å². The van der Waals surface area contributed by atoms with E-state index in [0.717, 1.165) is 29.2 Å². The highest BCUT2D eigenvalue weighted by atomic mass is 32.2. The van der Waals surface area contributed by atoms with Gasteiger partial charge in [0.2, 0.25) is 0 Å². The Morgan fingerprint density at radius 2 is 2.04 bits per heavy atom. The minimum absolute atomic E-state index is 0.131. The van der Waals surface area contributed by atoms with Crippen molar-refractivity contribution in [3.05, 3.63) is 44.7 Å². The van der Waals surface area contributed by atoms with Gasteiger partial charge in [0.15, 0.2) is 9.84 Å². The summed E-state index contributed by atoms with van der Waals surface area (Å²) in [5.74, 6) is -0.131. The topological polar surface area (TPSA) is 87.8 Å². The second-order valence-electron chi connectivity index (χ2n) is 5.84. The molecule has 0 atom stereocenters. The summed E-state index contributed by atoms with van der Waals surface area (Å²) in [5, 5.41) is 11.7. The molecular weight excluding hydrogens is 318 g/mol. The lowest BCUT2D eigenvalue weighted by Gasteiger charge is -2.24. The molecule has 122 valence electrons. The summed E-state index contributed by atoms with van der Waals surface area (Å²) in [7, 11) is -1.43. The third-order valence-corrected chi connectivity index (χ3v) is 4.59. The van der Waals surface area contributed by atoms with Crippen LogP contribution in [0.5, 0.6) is 5.75 Å². The predicted octanol–water partition coefficient (Wildman–Crippen LogP) is 1.50. The summed E-state index contributed by atoms with van der Waals surface area (Å²) in [6.45, 7) is 1.34. The van der Waals surface area contributed by atoms with Crippen molar-refractivity contribution in [2.24, 2.45) is 0 Å². The van der Waals surface area contributed by atoms with E-state index in [0.29, 0.717) is 18.5 Å². The van der Waals surface area contributed by atoms with E-state index in [4.69, 9.17) is 4.42 Å². The monoisotopic (exact) mass is 335 g/mol. The van der Waals surface area contributed by atoms with E-state index < -0.39 is 15.5 Å². The number of fused-ring (bicyclic) bond motifs is 3. The lowest BCUT2D eigenvalue weighted by molar-refractivity contribution is 0.306. The lowest BCUT2D eigenvalue weighted by Crippen LogP contribution is -2.31. The standard InChI is InChI=1S/C16H17NO5S/c1-17-7-5-10-11-3-4-14(18)12(6-8-23(2,20)21)15(11)22-16(19)13(10)9-17/h3-4,6,8,18H,5,7,9H2,1-2H3/b8-6+. The molecule has 1 aromatic carbocycles. The van der Waals surface area contributed by atoms with Crippen molar-refractivity contribution in [1.82, 2.24) is 4.90 Å². The van der Waals surface area contributed by atoms with Crippen LogP contribution in [0, 0.1) is 0 Å². The molecular formula is C16H17NO5S. The molecule has 0 radical (unpaired) electrons. The molecule has 1 aliphatic heterocycles. The molecule has 2 heterocycles. The van der Waals surface area contributed by atoms with Crippen LogP contribution in [0.3, 0.4) is 0 Å². The van der Waals surface area contributed by atoms with Crippen molar-refractivity contribution in [2.45, 2.75) is 13.0 Å². The van der Waals surface area contributed by atoms with Gasteiger partial charge in [-0.25, -0.2) is 13.2 Å². The SMILES string of the molecule is CN1CCc2c(c(=O)oc3c(/C=C/S(C)(=O)=O)c(O)ccc23)C1. The van der Waals surface area contributed by atoms with Crippen molar-refractivity contribution in [3.8, 4) is 5.75 Å². The zero-order valence-electron chi connectivity index (χ0n) is 12.9. The quantitative estimate of drug-likeness (QED) is 0.837. The van der Waals surface area contributed by atoms with Gasteiger partial charge in [-0.15, -0.1) is 0 Å². The van der Waals surface area contributed by atoms with E-state index in [9.17, 15) is 18.3 Å². The fourth-order valence-corrected chi connectivity index (χ4v) is 3.21. The van der Waals surface area contributed by atoms with Gasteiger partial charge in [0.05, 0.1) is 11.1 Å². The number of phenols is 1. The maximum absolute atomic E-state index is 12.3. The summed E-state index contributed by atoms with van der Waals surface area (Å²) < 4.78 is 28.0. The maximum atomic E-state index is 12.3. The van der Waals surface area contributed by atoms with Gasteiger partial charge in [0.25, 0.3) is 0 Å². The maximum Gasteiger partial charge on any atom is 0.341 e. The number of nitrogens with zero attached hydrogens (tertiary/aromatic N) is 1. The fourth-order valence-electron chi connectivity index (χ4n) is 2.83. The molecule has 2 aromatic rings. The van der Waals surface area contributed by atoms with Crippen LogP contribution in [0.4, 0.5) is 0 Å². The van der Waals surface area contributed by atoms with Crippen LogP contribution in [0.1, 0.15) is 16.7 Å². The second-order valence-corrected chi connectivity index (χ2v) is 7.77. The number of likely N-dealkylation sites (N-methyl/N-ethyl adjacent to an activating group) is 1. The van der Waals surface area contributed by atoms with Gasteiger partial charge in [-0.1, -0.05) is 0 Å². The number of rotatable bonds is 2. The lowest BCUT2D eigenvalue weighted by atomic mass is 9.96. The van der Waals surface area contributed by atoms with Crippen molar-refractivity contribution < 1.29 is 17.9 Å². The zero-order valence-corrected chi connectivity index (χ0v) is 13.7. The Morgan fingerprint density at radius 1 is 1.30 bits per heavy atom. The van der Waals surface area contributed by atoms with Crippen LogP contribution in [0.25, 0.3) is 17.0 Å². The Bertz CT molecular complexity index is 972. The average Bonchev–Trinajstić information content (AvgIpc) is 2.45. The summed E-state index contributed by atoms with van der Waals surface area (Å²) in [5.41, 5.74) is 1.50. The molecule has 6 nitrogen and oxygen atoms in total. The van der Waals surface area contributed by atoms with E-state index >= 15 is 0 Å². The van der Waals surface area contributed by atoms with Crippen molar-refractivity contribution >= 4 is 26.9 Å². The third kappa shape index (κ3) is 3.02. The number of aromatic hydroxyl groups is 1. The number of hydrogen-bond acceptors (Lipinski definition) is 6. The largest absolute Gasteiger partial charge is 0.507 e. The Hall–Kier alpha value is -2.12. The van der Waals surface area contributed by atoms with Gasteiger partial charge >= 0.3 is 5.63 Å². The molecule has 0 saturated carbocycles. The van der Waals surface area contributed by atoms with Crippen molar-refractivity contribution in [3.63, 3.8) is 0 Å². The van der Waals surface area contributed by atoms with Crippen LogP contribution in [0.15, 0.2) is 26.8 Å². The number of hydrogen-bond donors (Lipinski definition) is 1. The Labute approximate surface area is 133 Å². The molecule has 3 rings (SSSR count). The minimum atomic E-state index is -3.36. The van der Waals surface area contributed by atoms with Crippen molar-refractivity contribution in [1.29, 1.82) is 0 Å². The van der Waals surface area contributed by atoms with Gasteiger partial charge in [-0.05, 0) is 37.2 Å². The van der Waals surface area contributed by atoms with Crippen LogP contribution in [0.2, 0.25) is 0 Å². The van der Waals surface area contributed by atoms with E-state index in [1.807, 2.05) is 11.9 Å². The van der Waals surface area contributed by atoms with Gasteiger partial charge in [-0.3, -0.25) is 0 Å². The van der Waals surface area contributed by atoms with Gasteiger partial charge < -0.3 is 14.4 Å². The first kappa shape index (κ1) is 15.8. The highest BCUT2D eigenvalue weighted by Crippen LogP contribution is 2.32. The fraction of sp³-hybridized carbons (Fsp3) is 0.312. The van der Waals surface area contributed by atoms with E-state index in [1.165, 1.54) is 12.1 Å². The molecule has 0 bridgehead atoms. The molecule has 0 saturated heterocycles. The number of phenolic OH excluding ortho intramolecular Hbond substituents is 1. The second kappa shape index (κ2) is 5.50. The number of sulfone groups is 1. The first-order valence-electron chi connectivity index (χ1n) is 7.13. The molecule has 1 aromatic heterocycles. The molecule has 23 heavy (non-hydrogen) atoms. The Kier molecular flexibility index (Phi) is 3.77. The molecule has 0 aliphatic carbocycles. The predicted molar refractivity (Wildman–Crippen MR) is 88.1 cm³/mol. The average molecular weight is 335 g/mol. The zero-order chi connectivity index (χ0) is 16.8. The minimum Gasteiger partial charge on any atom is -0.507 e. The summed E-state index contributed by atoms with van der Waals surface area (Å²) >= 11 is 0. The number of benzene rings is 1. The molecule has 1 N–H and O–H groups in total. The molecule has 7 heteroatoms.